The van der Waals surface area contributed by atoms with E-state index in [0.29, 0.717) is 19.3 Å². The molecule has 0 saturated heterocycles. The van der Waals surface area contributed by atoms with Crippen LogP contribution in [0.2, 0.25) is 0 Å². The highest BCUT2D eigenvalue weighted by atomic mass is 32.2. The van der Waals surface area contributed by atoms with Crippen LogP contribution in [0.1, 0.15) is 31.2 Å². The van der Waals surface area contributed by atoms with Crippen LogP contribution in [0.3, 0.4) is 0 Å². The molecule has 1 fully saturated rings. The lowest BCUT2D eigenvalue weighted by Gasteiger charge is -2.33. The van der Waals surface area contributed by atoms with Gasteiger partial charge < -0.3 is 9.84 Å². The number of rotatable bonds is 3. The molecule has 0 spiro atoms. The van der Waals surface area contributed by atoms with Gasteiger partial charge in [-0.1, -0.05) is 24.6 Å². The van der Waals surface area contributed by atoms with Crippen LogP contribution in [0, 0.1) is 5.92 Å². The van der Waals surface area contributed by atoms with E-state index in [0.717, 1.165) is 24.2 Å². The van der Waals surface area contributed by atoms with Gasteiger partial charge in [0.05, 0.1) is 11.4 Å². The molecule has 0 amide bonds. The summed E-state index contributed by atoms with van der Waals surface area (Å²) in [6.45, 7) is 0. The number of fused-ring (bicyclic) bond motifs is 1. The van der Waals surface area contributed by atoms with Crippen LogP contribution in [-0.2, 0) is 16.3 Å². The van der Waals surface area contributed by atoms with E-state index in [-0.39, 0.29) is 17.3 Å². The van der Waals surface area contributed by atoms with Gasteiger partial charge in [-0.05, 0) is 36.8 Å². The summed E-state index contributed by atoms with van der Waals surface area (Å²) < 4.78 is 29.3. The van der Waals surface area contributed by atoms with Gasteiger partial charge in [0.2, 0.25) is 0 Å². The van der Waals surface area contributed by atoms with Gasteiger partial charge in [-0.2, -0.15) is 0 Å². The third-order valence-electron chi connectivity index (χ3n) is 4.81. The maximum Gasteiger partial charge on any atom is 0.150 e. The number of aliphatic hydroxyl groups is 1. The van der Waals surface area contributed by atoms with Gasteiger partial charge in [0, 0.05) is 12.7 Å². The summed E-state index contributed by atoms with van der Waals surface area (Å²) in [5.41, 5.74) is 1.12. The van der Waals surface area contributed by atoms with Crippen molar-refractivity contribution >= 4 is 9.84 Å². The number of benzene rings is 1. The monoisotopic (exact) mass is 310 g/mol. The molecule has 116 valence electrons. The lowest BCUT2D eigenvalue weighted by molar-refractivity contribution is -0.00332. The lowest BCUT2D eigenvalue weighted by Crippen LogP contribution is -2.41. The fourth-order valence-electron chi connectivity index (χ4n) is 3.58. The molecule has 1 heterocycles. The Hall–Kier alpha value is -1.07. The van der Waals surface area contributed by atoms with Crippen LogP contribution >= 0.6 is 0 Å². The average molecular weight is 310 g/mol. The highest BCUT2D eigenvalue weighted by Crippen LogP contribution is 2.36. The number of para-hydroxylation sites is 1. The second-order valence-corrected chi connectivity index (χ2v) is 8.66. The maximum absolute atomic E-state index is 11.7. The third-order valence-corrected chi connectivity index (χ3v) is 6.45. The van der Waals surface area contributed by atoms with E-state index < -0.39 is 15.9 Å². The fraction of sp³-hybridized carbons (Fsp3) is 0.625. The van der Waals surface area contributed by atoms with E-state index in [2.05, 4.69) is 0 Å². The minimum Gasteiger partial charge on any atom is -0.487 e. The summed E-state index contributed by atoms with van der Waals surface area (Å²) in [6, 6.07) is 7.83. The molecular weight excluding hydrogens is 288 g/mol. The molecule has 5 heteroatoms. The smallest absolute Gasteiger partial charge is 0.150 e. The van der Waals surface area contributed by atoms with Gasteiger partial charge >= 0.3 is 0 Å². The van der Waals surface area contributed by atoms with Crippen molar-refractivity contribution in [1.29, 1.82) is 0 Å². The first kappa shape index (κ1) is 14.9. The summed E-state index contributed by atoms with van der Waals surface area (Å²) in [6.07, 6.45) is 4.17. The molecule has 0 aromatic heterocycles. The van der Waals surface area contributed by atoms with E-state index in [1.54, 1.807) is 0 Å². The maximum atomic E-state index is 11.7. The molecule has 1 aromatic carbocycles. The van der Waals surface area contributed by atoms with Gasteiger partial charge in [0.15, 0.2) is 0 Å². The summed E-state index contributed by atoms with van der Waals surface area (Å²) in [5, 5.41) is 10.3. The Bertz CT molecular complexity index is 585. The third kappa shape index (κ3) is 3.09. The molecule has 1 aliphatic heterocycles. The molecule has 4 unspecified atom stereocenters. The molecule has 3 rings (SSSR count). The summed E-state index contributed by atoms with van der Waals surface area (Å²) in [7, 11) is -3.02. The van der Waals surface area contributed by atoms with Gasteiger partial charge in [-0.15, -0.1) is 0 Å². The van der Waals surface area contributed by atoms with E-state index >= 15 is 0 Å². The summed E-state index contributed by atoms with van der Waals surface area (Å²) in [5.74, 6) is 0.856. The van der Waals surface area contributed by atoms with Crippen molar-refractivity contribution in [2.24, 2.45) is 5.92 Å². The normalized spacial score (nSPS) is 30.5. The number of hydrogen-bond acceptors (Lipinski definition) is 4. The van der Waals surface area contributed by atoms with Crippen LogP contribution in [-0.4, -0.2) is 37.2 Å². The zero-order chi connectivity index (χ0) is 15.0. The zero-order valence-electron chi connectivity index (χ0n) is 12.2. The first-order valence-electron chi connectivity index (χ1n) is 7.56. The SMILES string of the molecule is CS(=O)(=O)C1CCCC(C(O)C2Cc3ccccc3O2)C1. The van der Waals surface area contributed by atoms with E-state index in [1.165, 1.54) is 6.26 Å². The molecule has 0 bridgehead atoms. The molecule has 21 heavy (non-hydrogen) atoms. The molecule has 0 radical (unpaired) electrons. The summed E-state index contributed by atoms with van der Waals surface area (Å²) in [4.78, 5) is 0. The molecule has 1 saturated carbocycles. The van der Waals surface area contributed by atoms with Crippen LogP contribution in [0.5, 0.6) is 5.75 Å². The standard InChI is InChI=1S/C16H22O4S/c1-21(18,19)13-7-4-6-12(9-13)16(17)15-10-11-5-2-3-8-14(11)20-15/h2-3,5,8,12-13,15-17H,4,6-7,9-10H2,1H3. The topological polar surface area (TPSA) is 63.6 Å². The second kappa shape index (κ2) is 5.61. The van der Waals surface area contributed by atoms with Crippen molar-refractivity contribution in [3.8, 4) is 5.75 Å². The molecule has 4 nitrogen and oxygen atoms in total. The van der Waals surface area contributed by atoms with Crippen molar-refractivity contribution in [3.05, 3.63) is 29.8 Å². The quantitative estimate of drug-likeness (QED) is 0.927. The number of aliphatic hydroxyl groups excluding tert-OH is 1. The van der Waals surface area contributed by atoms with Crippen molar-refractivity contribution < 1.29 is 18.3 Å². The van der Waals surface area contributed by atoms with Crippen LogP contribution < -0.4 is 4.74 Å². The van der Waals surface area contributed by atoms with Gasteiger partial charge in [0.1, 0.15) is 21.7 Å². The Morgan fingerprint density at radius 2 is 2.05 bits per heavy atom. The van der Waals surface area contributed by atoms with Gasteiger partial charge in [0.25, 0.3) is 0 Å². The summed E-state index contributed by atoms with van der Waals surface area (Å²) >= 11 is 0. The Balaban J connectivity index is 1.68. The largest absolute Gasteiger partial charge is 0.487 e. The molecule has 1 N–H and O–H groups in total. The van der Waals surface area contributed by atoms with Crippen molar-refractivity contribution in [2.45, 2.75) is 49.6 Å². The Morgan fingerprint density at radius 1 is 1.29 bits per heavy atom. The number of hydrogen-bond donors (Lipinski definition) is 1. The highest BCUT2D eigenvalue weighted by Gasteiger charge is 2.38. The van der Waals surface area contributed by atoms with Crippen LogP contribution in [0.15, 0.2) is 24.3 Å². The Morgan fingerprint density at radius 3 is 2.76 bits per heavy atom. The number of sulfone groups is 1. The molecule has 4 atom stereocenters. The first-order chi connectivity index (χ1) is 9.95. The predicted octanol–water partition coefficient (Wildman–Crippen LogP) is 1.95. The molecule has 1 aliphatic carbocycles. The zero-order valence-corrected chi connectivity index (χ0v) is 13.1. The molecule has 2 aliphatic rings. The van der Waals surface area contributed by atoms with E-state index in [4.69, 9.17) is 4.74 Å². The highest BCUT2D eigenvalue weighted by molar-refractivity contribution is 7.91. The molecule has 1 aromatic rings. The van der Waals surface area contributed by atoms with Crippen molar-refractivity contribution in [3.63, 3.8) is 0 Å². The van der Waals surface area contributed by atoms with Gasteiger partial charge in [-0.25, -0.2) is 8.42 Å². The minimum atomic E-state index is -3.02. The number of ether oxygens (including phenoxy) is 1. The predicted molar refractivity (Wildman–Crippen MR) is 81.2 cm³/mol. The van der Waals surface area contributed by atoms with Crippen LogP contribution in [0.4, 0.5) is 0 Å². The van der Waals surface area contributed by atoms with Gasteiger partial charge in [-0.3, -0.25) is 0 Å². The fourth-order valence-corrected chi connectivity index (χ4v) is 4.77. The van der Waals surface area contributed by atoms with Crippen molar-refractivity contribution in [1.82, 2.24) is 0 Å². The Labute approximate surface area is 126 Å². The average Bonchev–Trinajstić information content (AvgIpc) is 2.89. The minimum absolute atomic E-state index is 0.0118. The van der Waals surface area contributed by atoms with Crippen molar-refractivity contribution in [2.75, 3.05) is 6.26 Å². The Kier molecular flexibility index (Phi) is 3.97. The molecular formula is C16H22O4S. The first-order valence-corrected chi connectivity index (χ1v) is 9.52. The van der Waals surface area contributed by atoms with E-state index in [9.17, 15) is 13.5 Å². The lowest BCUT2D eigenvalue weighted by atomic mass is 9.82. The van der Waals surface area contributed by atoms with E-state index in [1.807, 2.05) is 24.3 Å². The second-order valence-electron chi connectivity index (χ2n) is 6.34. The van der Waals surface area contributed by atoms with Crippen LogP contribution in [0.25, 0.3) is 0 Å².